The molecule has 1 aliphatic carbocycles. The number of imidazole rings is 1. The summed E-state index contributed by atoms with van der Waals surface area (Å²) in [6.45, 7) is 0. The molecule has 148 valence electrons. The number of aromatic nitrogens is 4. The normalized spacial score (nSPS) is 15.4. The van der Waals surface area contributed by atoms with Gasteiger partial charge >= 0.3 is 17.8 Å². The maximum absolute atomic E-state index is 15.1. The van der Waals surface area contributed by atoms with Crippen molar-refractivity contribution in [3.05, 3.63) is 58.1 Å². The van der Waals surface area contributed by atoms with Gasteiger partial charge < -0.3 is 14.8 Å². The molecular weight excluding hydrogens is 386 g/mol. The van der Waals surface area contributed by atoms with Crippen molar-refractivity contribution in [3.8, 4) is 23.1 Å². The molecule has 0 spiro atoms. The highest BCUT2D eigenvalue weighted by Gasteiger charge is 2.36. The number of aliphatic hydroxyl groups is 1. The lowest BCUT2D eigenvalue weighted by molar-refractivity contribution is -0.0387. The number of rotatable bonds is 4. The highest BCUT2D eigenvalue weighted by atomic mass is 19.1. The van der Waals surface area contributed by atoms with Crippen LogP contribution in [0.1, 0.15) is 24.8 Å². The Morgan fingerprint density at radius 1 is 1.14 bits per heavy atom. The Kier molecular flexibility index (Phi) is 3.78. The van der Waals surface area contributed by atoms with Crippen LogP contribution in [0.2, 0.25) is 0 Å². The third kappa shape index (κ3) is 2.88. The Labute approximate surface area is 161 Å². The molecule has 1 saturated carbocycles. The largest absolute Gasteiger partial charge is 0.441 e. The fourth-order valence-electron chi connectivity index (χ4n) is 3.47. The third-order valence-electron chi connectivity index (χ3n) is 5.15. The summed E-state index contributed by atoms with van der Waals surface area (Å²) in [6, 6.07) is 7.13. The quantitative estimate of drug-likeness (QED) is 0.484. The summed E-state index contributed by atoms with van der Waals surface area (Å²) >= 11 is 0. The van der Waals surface area contributed by atoms with Gasteiger partial charge in [-0.3, -0.25) is 4.52 Å². The van der Waals surface area contributed by atoms with E-state index in [4.69, 9.17) is 4.74 Å². The number of benzene rings is 2. The predicted molar refractivity (Wildman–Crippen MR) is 96.4 cm³/mol. The highest BCUT2D eigenvalue weighted by Crippen LogP contribution is 2.42. The molecule has 29 heavy (non-hydrogen) atoms. The summed E-state index contributed by atoms with van der Waals surface area (Å²) in [5.41, 5.74) is -0.103. The molecule has 2 aromatic carbocycles. The monoisotopic (exact) mass is 400 g/mol. The topological polar surface area (TPSA) is 117 Å². The number of halogens is 2. The standard InChI is InChI=1S/C19H14F2N4O4/c20-11-8-12-15(23-16(22-12)28-17-24-18(26)29-25-17)14(21)13(11)9-2-4-10(5-3-9)19(27)6-1-7-19/h2-5,8,27H,1,6-7H2,(H,22,23)(H,24,25,26). The summed E-state index contributed by atoms with van der Waals surface area (Å²) in [5, 5.41) is 13.7. The molecule has 3 N–H and O–H groups in total. The van der Waals surface area contributed by atoms with Crippen molar-refractivity contribution in [2.24, 2.45) is 0 Å². The van der Waals surface area contributed by atoms with Gasteiger partial charge in [0.1, 0.15) is 11.3 Å². The van der Waals surface area contributed by atoms with Gasteiger partial charge in [-0.05, 0) is 35.5 Å². The number of aromatic amines is 2. The van der Waals surface area contributed by atoms with Crippen molar-refractivity contribution in [1.82, 2.24) is 20.1 Å². The smallest absolute Gasteiger partial charge is 0.389 e. The number of H-pyrrole nitrogens is 2. The van der Waals surface area contributed by atoms with Gasteiger partial charge in [0.15, 0.2) is 5.82 Å². The number of hydrogen-bond donors (Lipinski definition) is 3. The summed E-state index contributed by atoms with van der Waals surface area (Å²) in [5.74, 6) is -2.48. The zero-order valence-electron chi connectivity index (χ0n) is 14.8. The summed E-state index contributed by atoms with van der Waals surface area (Å²) < 4.78 is 39.2. The van der Waals surface area contributed by atoms with Gasteiger partial charge in [-0.25, -0.2) is 18.6 Å². The van der Waals surface area contributed by atoms with Gasteiger partial charge in [0.2, 0.25) is 0 Å². The summed E-state index contributed by atoms with van der Waals surface area (Å²) in [7, 11) is 0. The maximum atomic E-state index is 15.1. The second kappa shape index (κ2) is 6.24. The first kappa shape index (κ1) is 17.6. The van der Waals surface area contributed by atoms with Gasteiger partial charge in [-0.15, -0.1) is 0 Å². The first-order valence-electron chi connectivity index (χ1n) is 8.88. The zero-order valence-corrected chi connectivity index (χ0v) is 14.8. The molecule has 0 bridgehead atoms. The average Bonchev–Trinajstić information content (AvgIpc) is 3.26. The van der Waals surface area contributed by atoms with E-state index in [2.05, 4.69) is 24.6 Å². The van der Waals surface area contributed by atoms with Crippen molar-refractivity contribution in [1.29, 1.82) is 0 Å². The van der Waals surface area contributed by atoms with Gasteiger partial charge in [-0.2, -0.15) is 4.98 Å². The first-order chi connectivity index (χ1) is 13.9. The second-order valence-electron chi connectivity index (χ2n) is 6.95. The molecule has 10 heteroatoms. The van der Waals surface area contributed by atoms with Crippen LogP contribution >= 0.6 is 0 Å². The molecule has 4 aromatic rings. The Morgan fingerprint density at radius 3 is 2.52 bits per heavy atom. The van der Waals surface area contributed by atoms with Crippen LogP contribution < -0.4 is 10.5 Å². The molecule has 0 unspecified atom stereocenters. The van der Waals surface area contributed by atoms with E-state index in [1.807, 2.05) is 0 Å². The summed E-state index contributed by atoms with van der Waals surface area (Å²) in [4.78, 5) is 19.7. The number of hydrogen-bond acceptors (Lipinski definition) is 6. The number of ether oxygens (including phenoxy) is 1. The Hall–Kier alpha value is -3.53. The van der Waals surface area contributed by atoms with E-state index in [1.165, 1.54) is 0 Å². The van der Waals surface area contributed by atoms with Crippen LogP contribution in [0.3, 0.4) is 0 Å². The second-order valence-corrected chi connectivity index (χ2v) is 6.95. The molecule has 2 aromatic heterocycles. The lowest BCUT2D eigenvalue weighted by atomic mass is 9.75. The van der Waals surface area contributed by atoms with Gasteiger partial charge in [-0.1, -0.05) is 24.3 Å². The fraction of sp³-hybridized carbons (Fsp3) is 0.211. The summed E-state index contributed by atoms with van der Waals surface area (Å²) in [6.07, 6.45) is 2.30. The minimum atomic E-state index is -0.866. The molecule has 0 saturated heterocycles. The van der Waals surface area contributed by atoms with Crippen molar-refractivity contribution >= 4 is 11.0 Å². The molecule has 8 nitrogen and oxygen atoms in total. The van der Waals surface area contributed by atoms with Gasteiger partial charge in [0.05, 0.1) is 16.7 Å². The lowest BCUT2D eigenvalue weighted by Gasteiger charge is -2.37. The Bertz CT molecular complexity index is 1270. The van der Waals surface area contributed by atoms with Gasteiger partial charge in [0.25, 0.3) is 0 Å². The van der Waals surface area contributed by atoms with Crippen LogP contribution in [0.25, 0.3) is 22.2 Å². The molecule has 1 aliphatic rings. The predicted octanol–water partition coefficient (Wildman–Crippen LogP) is 3.35. The zero-order chi connectivity index (χ0) is 20.2. The molecule has 1 fully saturated rings. The Morgan fingerprint density at radius 2 is 1.90 bits per heavy atom. The van der Waals surface area contributed by atoms with Crippen LogP contribution in [0.5, 0.6) is 12.0 Å². The van der Waals surface area contributed by atoms with Crippen molar-refractivity contribution < 1.29 is 23.1 Å². The molecule has 0 aliphatic heterocycles. The van der Waals surface area contributed by atoms with Crippen LogP contribution in [-0.4, -0.2) is 25.2 Å². The number of nitrogens with one attached hydrogen (secondary N) is 2. The Balaban J connectivity index is 1.53. The third-order valence-corrected chi connectivity index (χ3v) is 5.15. The lowest BCUT2D eigenvalue weighted by Crippen LogP contribution is -2.33. The van der Waals surface area contributed by atoms with E-state index in [1.54, 1.807) is 24.3 Å². The molecule has 5 rings (SSSR count). The number of fused-ring (bicyclic) bond motifs is 1. The van der Waals surface area contributed by atoms with Crippen molar-refractivity contribution in [3.63, 3.8) is 0 Å². The first-order valence-corrected chi connectivity index (χ1v) is 8.88. The van der Waals surface area contributed by atoms with Crippen molar-refractivity contribution in [2.75, 3.05) is 0 Å². The molecule has 0 amide bonds. The molecule has 2 heterocycles. The minimum absolute atomic E-state index is 0.0741. The van der Waals surface area contributed by atoms with E-state index >= 15 is 4.39 Å². The van der Waals surface area contributed by atoms with Crippen LogP contribution in [0, 0.1) is 11.6 Å². The highest BCUT2D eigenvalue weighted by molar-refractivity contribution is 5.84. The van der Waals surface area contributed by atoms with Crippen LogP contribution in [-0.2, 0) is 5.60 Å². The number of nitrogens with zero attached hydrogens (tertiary/aromatic N) is 2. The van der Waals surface area contributed by atoms with E-state index in [0.29, 0.717) is 18.4 Å². The SMILES string of the molecule is O=c1[nH]c(Oc2nc3c(F)c(-c4ccc(C5(O)CCC5)cc4)c(F)cc3[nH]2)no1. The van der Waals surface area contributed by atoms with Gasteiger partial charge in [0, 0.05) is 6.07 Å². The van der Waals surface area contributed by atoms with Crippen LogP contribution in [0.4, 0.5) is 8.78 Å². The average molecular weight is 400 g/mol. The van der Waals surface area contributed by atoms with E-state index in [9.17, 15) is 14.3 Å². The minimum Gasteiger partial charge on any atom is -0.389 e. The molecular formula is C19H14F2N4O4. The fourth-order valence-corrected chi connectivity index (χ4v) is 3.47. The molecule has 0 atom stereocenters. The van der Waals surface area contributed by atoms with E-state index in [0.717, 1.165) is 18.1 Å². The molecule has 0 radical (unpaired) electrons. The van der Waals surface area contributed by atoms with Crippen LogP contribution in [0.15, 0.2) is 39.6 Å². The maximum Gasteiger partial charge on any atom is 0.441 e. The van der Waals surface area contributed by atoms with Crippen molar-refractivity contribution in [2.45, 2.75) is 24.9 Å². The van der Waals surface area contributed by atoms with E-state index < -0.39 is 23.0 Å². The van der Waals surface area contributed by atoms with E-state index in [-0.39, 0.29) is 28.6 Å².